The molecular formula is C21H26N2O4. The zero-order chi connectivity index (χ0) is 19.4. The summed E-state index contributed by atoms with van der Waals surface area (Å²) < 4.78 is 10.3. The van der Waals surface area contributed by atoms with E-state index in [2.05, 4.69) is 17.4 Å². The van der Waals surface area contributed by atoms with Crippen LogP contribution in [0, 0.1) is 13.8 Å². The molecule has 1 aliphatic rings. The van der Waals surface area contributed by atoms with E-state index in [9.17, 15) is 9.59 Å². The molecule has 0 unspecified atom stereocenters. The first-order chi connectivity index (χ1) is 13.0. The topological polar surface area (TPSA) is 71.8 Å². The van der Waals surface area contributed by atoms with Crippen LogP contribution in [0.3, 0.4) is 0 Å². The first kappa shape index (κ1) is 19.2. The van der Waals surface area contributed by atoms with Crippen molar-refractivity contribution in [1.82, 2.24) is 10.2 Å². The number of hydrogen-bond donors (Lipinski definition) is 1. The first-order valence-electron chi connectivity index (χ1n) is 9.20. The van der Waals surface area contributed by atoms with Gasteiger partial charge in [0.2, 0.25) is 0 Å². The second kappa shape index (κ2) is 8.39. The minimum Gasteiger partial charge on any atom is -0.468 e. The Morgan fingerprint density at radius 2 is 2.00 bits per heavy atom. The average molecular weight is 370 g/mol. The number of nitrogens with zero attached hydrogens (tertiary/aromatic N) is 1. The van der Waals surface area contributed by atoms with Gasteiger partial charge in [-0.2, -0.15) is 0 Å². The Bertz CT molecular complexity index is 800. The zero-order valence-corrected chi connectivity index (χ0v) is 16.0. The third-order valence-corrected chi connectivity index (χ3v) is 5.11. The van der Waals surface area contributed by atoms with Crippen molar-refractivity contribution < 1.29 is 18.7 Å². The number of ether oxygens (including phenoxy) is 1. The highest BCUT2D eigenvalue weighted by Crippen LogP contribution is 2.29. The van der Waals surface area contributed by atoms with Crippen molar-refractivity contribution in [2.45, 2.75) is 32.2 Å². The van der Waals surface area contributed by atoms with Crippen molar-refractivity contribution in [2.24, 2.45) is 0 Å². The monoisotopic (exact) mass is 370 g/mol. The summed E-state index contributed by atoms with van der Waals surface area (Å²) in [6.45, 7) is 5.23. The van der Waals surface area contributed by atoms with Crippen LogP contribution in [0.1, 0.15) is 39.8 Å². The number of nitrogens with one attached hydrogen (secondary N) is 1. The van der Waals surface area contributed by atoms with Gasteiger partial charge in [0.05, 0.1) is 19.2 Å². The third kappa shape index (κ3) is 4.57. The molecular weight excluding hydrogens is 344 g/mol. The van der Waals surface area contributed by atoms with Crippen LogP contribution in [0.15, 0.2) is 40.8 Å². The van der Waals surface area contributed by atoms with Gasteiger partial charge in [-0.3, -0.25) is 14.5 Å². The molecule has 1 N–H and O–H groups in total. The van der Waals surface area contributed by atoms with Gasteiger partial charge in [-0.15, -0.1) is 0 Å². The second-order valence-electron chi connectivity index (χ2n) is 7.02. The molecule has 1 aliphatic heterocycles. The van der Waals surface area contributed by atoms with Crippen LogP contribution in [-0.2, 0) is 9.53 Å². The predicted molar refractivity (Wildman–Crippen MR) is 102 cm³/mol. The number of carbonyl (C=O) groups excluding carboxylic acids is 2. The van der Waals surface area contributed by atoms with Crippen molar-refractivity contribution in [3.05, 3.63) is 59.0 Å². The third-order valence-electron chi connectivity index (χ3n) is 5.11. The Hall–Kier alpha value is -2.60. The van der Waals surface area contributed by atoms with Crippen LogP contribution in [-0.4, -0.2) is 49.6 Å². The standard InChI is InChI=1S/C21H26N2O4/c1-14-11-18(15(2)27-14)21(25)22-19-12-23(13-20(24)26-3)10-9-17(19)16-7-5-4-6-8-16/h4-8,11,17,19H,9-10,12-13H2,1-3H3,(H,22,25)/t17-,19+/m0/s1. The highest BCUT2D eigenvalue weighted by atomic mass is 16.5. The van der Waals surface area contributed by atoms with Gasteiger partial charge >= 0.3 is 5.97 Å². The maximum absolute atomic E-state index is 12.8. The number of esters is 1. The van der Waals surface area contributed by atoms with E-state index >= 15 is 0 Å². The van der Waals surface area contributed by atoms with Gasteiger partial charge in [-0.1, -0.05) is 30.3 Å². The minimum absolute atomic E-state index is 0.104. The SMILES string of the molecule is COC(=O)CN1CC[C@@H](c2ccccc2)[C@H](NC(=O)c2cc(C)oc2C)C1. The number of likely N-dealkylation sites (tertiary alicyclic amines) is 1. The van der Waals surface area contributed by atoms with Gasteiger partial charge in [0.25, 0.3) is 5.91 Å². The van der Waals surface area contributed by atoms with Gasteiger partial charge in [0, 0.05) is 18.5 Å². The van der Waals surface area contributed by atoms with Crippen molar-refractivity contribution >= 4 is 11.9 Å². The molecule has 6 heteroatoms. The van der Waals surface area contributed by atoms with E-state index in [-0.39, 0.29) is 30.4 Å². The second-order valence-corrected chi connectivity index (χ2v) is 7.02. The minimum atomic E-state index is -0.264. The molecule has 2 atom stereocenters. The van der Waals surface area contributed by atoms with Crippen LogP contribution in [0.25, 0.3) is 0 Å². The lowest BCUT2D eigenvalue weighted by Gasteiger charge is -2.38. The number of benzene rings is 1. The van der Waals surface area contributed by atoms with Crippen LogP contribution in [0.5, 0.6) is 0 Å². The highest BCUT2D eigenvalue weighted by Gasteiger charge is 2.33. The van der Waals surface area contributed by atoms with E-state index in [4.69, 9.17) is 9.15 Å². The van der Waals surface area contributed by atoms with Gasteiger partial charge in [0.15, 0.2) is 0 Å². The number of rotatable bonds is 5. The summed E-state index contributed by atoms with van der Waals surface area (Å²) in [5, 5.41) is 3.17. The lowest BCUT2D eigenvalue weighted by molar-refractivity contribution is -0.142. The van der Waals surface area contributed by atoms with Gasteiger partial charge < -0.3 is 14.5 Å². The average Bonchev–Trinajstić information content (AvgIpc) is 3.01. The van der Waals surface area contributed by atoms with E-state index < -0.39 is 0 Å². The van der Waals surface area contributed by atoms with E-state index in [0.717, 1.165) is 13.0 Å². The first-order valence-corrected chi connectivity index (χ1v) is 9.20. The summed E-state index contributed by atoms with van der Waals surface area (Å²) >= 11 is 0. The van der Waals surface area contributed by atoms with Crippen LogP contribution < -0.4 is 5.32 Å². The summed E-state index contributed by atoms with van der Waals surface area (Å²) in [7, 11) is 1.39. The molecule has 0 saturated carbocycles. The molecule has 3 rings (SSSR count). The number of hydrogen-bond acceptors (Lipinski definition) is 5. The van der Waals surface area contributed by atoms with Crippen LogP contribution in [0.4, 0.5) is 0 Å². The summed E-state index contributed by atoms with van der Waals surface area (Å²) in [5.74, 6) is 1.11. The normalized spacial score (nSPS) is 20.3. The molecule has 0 spiro atoms. The van der Waals surface area contributed by atoms with Gasteiger partial charge in [-0.05, 0) is 38.4 Å². The van der Waals surface area contributed by atoms with Gasteiger partial charge in [0.1, 0.15) is 11.5 Å². The molecule has 144 valence electrons. The number of amides is 1. The molecule has 1 aromatic carbocycles. The fourth-order valence-electron chi connectivity index (χ4n) is 3.76. The number of aryl methyl sites for hydroxylation is 2. The van der Waals surface area contributed by atoms with E-state index in [1.165, 1.54) is 12.7 Å². The van der Waals surface area contributed by atoms with Crippen molar-refractivity contribution in [3.8, 4) is 0 Å². The molecule has 0 aliphatic carbocycles. The maximum Gasteiger partial charge on any atom is 0.319 e. The quantitative estimate of drug-likeness (QED) is 0.820. The van der Waals surface area contributed by atoms with Crippen molar-refractivity contribution in [3.63, 3.8) is 0 Å². The fraction of sp³-hybridized carbons (Fsp3) is 0.429. The molecule has 2 heterocycles. The maximum atomic E-state index is 12.8. The Morgan fingerprint density at radius 3 is 2.63 bits per heavy atom. The molecule has 1 saturated heterocycles. The number of piperidine rings is 1. The molecule has 1 fully saturated rings. The number of methoxy groups -OCH3 is 1. The number of carbonyl (C=O) groups is 2. The highest BCUT2D eigenvalue weighted by molar-refractivity contribution is 5.95. The summed E-state index contributed by atoms with van der Waals surface area (Å²) in [6, 6.07) is 11.9. The smallest absolute Gasteiger partial charge is 0.319 e. The Kier molecular flexibility index (Phi) is 5.96. The molecule has 6 nitrogen and oxygen atoms in total. The van der Waals surface area contributed by atoms with E-state index in [0.29, 0.717) is 23.6 Å². The lowest BCUT2D eigenvalue weighted by Crippen LogP contribution is -2.52. The molecule has 1 aromatic heterocycles. The van der Waals surface area contributed by atoms with Crippen molar-refractivity contribution in [2.75, 3.05) is 26.7 Å². The van der Waals surface area contributed by atoms with Crippen molar-refractivity contribution in [1.29, 1.82) is 0 Å². The fourth-order valence-corrected chi connectivity index (χ4v) is 3.76. The summed E-state index contributed by atoms with van der Waals surface area (Å²) in [4.78, 5) is 26.5. The molecule has 27 heavy (non-hydrogen) atoms. The Labute approximate surface area is 159 Å². The lowest BCUT2D eigenvalue weighted by atomic mass is 9.85. The zero-order valence-electron chi connectivity index (χ0n) is 16.0. The molecule has 0 radical (unpaired) electrons. The van der Waals surface area contributed by atoms with E-state index in [1.54, 1.807) is 13.0 Å². The van der Waals surface area contributed by atoms with Gasteiger partial charge in [-0.25, -0.2) is 0 Å². The number of furan rings is 1. The molecule has 0 bridgehead atoms. The summed E-state index contributed by atoms with van der Waals surface area (Å²) in [5.41, 5.74) is 1.75. The predicted octanol–water partition coefficient (Wildman–Crippen LogP) is 2.66. The Balaban J connectivity index is 1.79. The van der Waals surface area contributed by atoms with E-state index in [1.807, 2.05) is 30.0 Å². The largest absolute Gasteiger partial charge is 0.468 e. The van der Waals surface area contributed by atoms with Crippen LogP contribution in [0.2, 0.25) is 0 Å². The molecule has 2 aromatic rings. The summed E-state index contributed by atoms with van der Waals surface area (Å²) in [6.07, 6.45) is 0.856. The Morgan fingerprint density at radius 1 is 1.26 bits per heavy atom. The molecule has 1 amide bonds. The van der Waals surface area contributed by atoms with Crippen LogP contribution >= 0.6 is 0 Å².